The minimum Gasteiger partial charge on any atom is -0.252 e. The molecule has 0 unspecified atom stereocenters. The Kier molecular flexibility index (Phi) is 3.98. The summed E-state index contributed by atoms with van der Waals surface area (Å²) in [7, 11) is -1.08. The zero-order valence-electron chi connectivity index (χ0n) is 11.8. The lowest BCUT2D eigenvalue weighted by atomic mass is 10.2. The van der Waals surface area contributed by atoms with E-state index in [9.17, 15) is 4.21 Å². The van der Waals surface area contributed by atoms with Crippen LogP contribution in [0.4, 0.5) is 0 Å². The van der Waals surface area contributed by atoms with E-state index >= 15 is 0 Å². The molecule has 0 spiro atoms. The van der Waals surface area contributed by atoms with Crippen LogP contribution in [0.2, 0.25) is 0 Å². The number of benzene rings is 1. The van der Waals surface area contributed by atoms with Gasteiger partial charge in [-0.15, -0.1) is 11.3 Å². The Hall–Kier alpha value is -1.79. The number of hydrogen-bond acceptors (Lipinski definition) is 4. The van der Waals surface area contributed by atoms with E-state index < -0.39 is 10.8 Å². The predicted molar refractivity (Wildman–Crippen MR) is 85.3 cm³/mol. The van der Waals surface area contributed by atoms with Crippen LogP contribution in [0.15, 0.2) is 47.1 Å². The highest BCUT2D eigenvalue weighted by Gasteiger charge is 2.11. The van der Waals surface area contributed by atoms with Gasteiger partial charge in [-0.3, -0.25) is 4.21 Å². The predicted octanol–water partition coefficient (Wildman–Crippen LogP) is 3.25. The lowest BCUT2D eigenvalue weighted by Gasteiger charge is -2.03. The Bertz CT molecular complexity index is 741. The summed E-state index contributed by atoms with van der Waals surface area (Å²) in [6.45, 7) is 3.96. The third kappa shape index (κ3) is 3.11. The fourth-order valence-corrected chi connectivity index (χ4v) is 4.34. The Balaban J connectivity index is 1.74. The second-order valence-electron chi connectivity index (χ2n) is 4.73. The smallest absolute Gasteiger partial charge is 0.181 e. The van der Waals surface area contributed by atoms with Crippen molar-refractivity contribution in [2.45, 2.75) is 23.9 Å². The molecule has 0 bridgehead atoms. The molecular weight excluding hydrogens is 302 g/mol. The van der Waals surface area contributed by atoms with Gasteiger partial charge in [0.25, 0.3) is 0 Å². The van der Waals surface area contributed by atoms with Crippen LogP contribution in [0.25, 0.3) is 5.69 Å². The molecule has 108 valence electrons. The van der Waals surface area contributed by atoms with Gasteiger partial charge < -0.3 is 0 Å². The first-order chi connectivity index (χ1) is 10.1. The van der Waals surface area contributed by atoms with Gasteiger partial charge in [0.1, 0.15) is 0 Å². The maximum atomic E-state index is 12.3. The minimum absolute atomic E-state index is 0.492. The molecule has 3 aromatic rings. The molecule has 0 amide bonds. The van der Waals surface area contributed by atoms with Crippen molar-refractivity contribution in [3.63, 3.8) is 0 Å². The number of hydrogen-bond donors (Lipinski definition) is 0. The van der Waals surface area contributed by atoms with Gasteiger partial charge in [0.15, 0.2) is 4.34 Å². The molecule has 0 fully saturated rings. The highest BCUT2D eigenvalue weighted by molar-refractivity contribution is 7.86. The monoisotopic (exact) mass is 317 g/mol. The molecular formula is C15H15N3OS2. The van der Waals surface area contributed by atoms with E-state index in [-0.39, 0.29) is 0 Å². The normalized spacial score (nSPS) is 12.5. The zero-order chi connectivity index (χ0) is 14.8. The zero-order valence-corrected chi connectivity index (χ0v) is 13.4. The molecule has 4 nitrogen and oxygen atoms in total. The maximum absolute atomic E-state index is 12.3. The average Bonchev–Trinajstić information content (AvgIpc) is 3.11. The van der Waals surface area contributed by atoms with E-state index in [4.69, 9.17) is 0 Å². The van der Waals surface area contributed by atoms with Gasteiger partial charge in [-0.05, 0) is 37.6 Å². The lowest BCUT2D eigenvalue weighted by Crippen LogP contribution is -1.98. The molecule has 0 aliphatic rings. The van der Waals surface area contributed by atoms with Crippen molar-refractivity contribution < 1.29 is 4.21 Å². The molecule has 0 aliphatic heterocycles. The van der Waals surface area contributed by atoms with Gasteiger partial charge in [-0.2, -0.15) is 5.10 Å². The van der Waals surface area contributed by atoms with Crippen molar-refractivity contribution in [3.8, 4) is 5.69 Å². The minimum atomic E-state index is -1.08. The standard InChI is InChI=1S/C15H15N3OS2/c1-11-12(2)20-15(17-11)21(19)10-13-4-6-14(7-5-13)18-9-3-8-16-18/h3-9H,10H2,1-2H3/t21-/m0/s1. The largest absolute Gasteiger partial charge is 0.252 e. The molecule has 0 saturated carbocycles. The molecule has 0 N–H and O–H groups in total. The number of aromatic nitrogens is 3. The number of rotatable bonds is 4. The molecule has 1 aromatic carbocycles. The van der Waals surface area contributed by atoms with E-state index in [1.807, 2.05) is 50.4 Å². The lowest BCUT2D eigenvalue weighted by molar-refractivity contribution is 0.681. The SMILES string of the molecule is Cc1nc([S@@](=O)Cc2ccc(-n3cccn3)cc2)sc1C. The van der Waals surface area contributed by atoms with Gasteiger partial charge in [0.2, 0.25) is 0 Å². The Morgan fingerprint density at radius 1 is 1.24 bits per heavy atom. The summed E-state index contributed by atoms with van der Waals surface area (Å²) in [4.78, 5) is 5.50. The molecule has 6 heteroatoms. The second-order valence-corrected chi connectivity index (χ2v) is 7.56. The van der Waals surface area contributed by atoms with Crippen molar-refractivity contribution in [2.24, 2.45) is 0 Å². The maximum Gasteiger partial charge on any atom is 0.181 e. The highest BCUT2D eigenvalue weighted by Crippen LogP contribution is 2.22. The summed E-state index contributed by atoms with van der Waals surface area (Å²) >= 11 is 1.52. The summed E-state index contributed by atoms with van der Waals surface area (Å²) in [6.07, 6.45) is 3.64. The molecule has 21 heavy (non-hydrogen) atoms. The average molecular weight is 317 g/mol. The molecule has 1 atom stereocenters. The van der Waals surface area contributed by atoms with Crippen molar-refractivity contribution in [1.82, 2.24) is 14.8 Å². The van der Waals surface area contributed by atoms with Crippen LogP contribution in [0.3, 0.4) is 0 Å². The summed E-state index contributed by atoms with van der Waals surface area (Å²) in [5, 5.41) is 4.19. The first kappa shape index (κ1) is 14.2. The first-order valence-corrected chi connectivity index (χ1v) is 8.68. The molecule has 2 aromatic heterocycles. The Morgan fingerprint density at radius 3 is 2.57 bits per heavy atom. The van der Waals surface area contributed by atoms with Gasteiger partial charge >= 0.3 is 0 Å². The van der Waals surface area contributed by atoms with Crippen molar-refractivity contribution in [2.75, 3.05) is 0 Å². The Labute approximate surface area is 129 Å². The van der Waals surface area contributed by atoms with E-state index in [2.05, 4.69) is 10.1 Å². The number of thiazole rings is 1. The fraction of sp³-hybridized carbons (Fsp3) is 0.200. The Morgan fingerprint density at radius 2 is 2.00 bits per heavy atom. The van der Waals surface area contributed by atoms with Crippen LogP contribution < -0.4 is 0 Å². The number of aryl methyl sites for hydroxylation is 2. The first-order valence-electron chi connectivity index (χ1n) is 6.55. The van der Waals surface area contributed by atoms with Crippen LogP contribution in [-0.2, 0) is 16.6 Å². The topological polar surface area (TPSA) is 47.8 Å². The van der Waals surface area contributed by atoms with Crippen LogP contribution >= 0.6 is 11.3 Å². The molecule has 3 rings (SSSR count). The second kappa shape index (κ2) is 5.91. The van der Waals surface area contributed by atoms with Crippen molar-refractivity contribution in [3.05, 3.63) is 58.9 Å². The van der Waals surface area contributed by atoms with Crippen LogP contribution in [-0.4, -0.2) is 19.0 Å². The van der Waals surface area contributed by atoms with E-state index in [1.54, 1.807) is 10.9 Å². The quantitative estimate of drug-likeness (QED) is 0.742. The van der Waals surface area contributed by atoms with E-state index in [0.29, 0.717) is 10.1 Å². The van der Waals surface area contributed by atoms with Crippen molar-refractivity contribution >= 4 is 22.1 Å². The van der Waals surface area contributed by atoms with Crippen molar-refractivity contribution in [1.29, 1.82) is 0 Å². The van der Waals surface area contributed by atoms with Gasteiger partial charge in [-0.1, -0.05) is 12.1 Å². The highest BCUT2D eigenvalue weighted by atomic mass is 32.2. The van der Waals surface area contributed by atoms with E-state index in [1.165, 1.54) is 11.3 Å². The molecule has 0 saturated heterocycles. The third-order valence-corrected chi connectivity index (χ3v) is 5.96. The van der Waals surface area contributed by atoms with Gasteiger partial charge in [0, 0.05) is 17.3 Å². The van der Waals surface area contributed by atoms with Gasteiger partial charge in [-0.25, -0.2) is 9.67 Å². The summed E-state index contributed by atoms with van der Waals surface area (Å²) < 4.78 is 14.8. The molecule has 2 heterocycles. The fourth-order valence-electron chi connectivity index (χ4n) is 1.92. The van der Waals surface area contributed by atoms with Crippen LogP contribution in [0.5, 0.6) is 0 Å². The van der Waals surface area contributed by atoms with Gasteiger partial charge in [0.05, 0.1) is 27.9 Å². The third-order valence-electron chi connectivity index (χ3n) is 3.21. The van der Waals surface area contributed by atoms with Crippen LogP contribution in [0.1, 0.15) is 16.1 Å². The van der Waals surface area contributed by atoms with Crippen LogP contribution in [0, 0.1) is 13.8 Å². The molecule has 0 aliphatic carbocycles. The van der Waals surface area contributed by atoms with E-state index in [0.717, 1.165) is 21.8 Å². The number of nitrogens with zero attached hydrogens (tertiary/aromatic N) is 3. The summed E-state index contributed by atoms with van der Waals surface area (Å²) in [5.74, 6) is 0.492. The summed E-state index contributed by atoms with van der Waals surface area (Å²) in [6, 6.07) is 9.83. The molecule has 0 radical (unpaired) electrons. The summed E-state index contributed by atoms with van der Waals surface area (Å²) in [5.41, 5.74) is 3.00.